The van der Waals surface area contributed by atoms with E-state index in [1.807, 2.05) is 0 Å². The van der Waals surface area contributed by atoms with Crippen LogP contribution in [-0.4, -0.2) is 26.4 Å². The number of halogens is 4. The zero-order valence-electron chi connectivity index (χ0n) is 19.0. The normalized spacial score (nSPS) is 12.5. The summed E-state index contributed by atoms with van der Waals surface area (Å²) in [6.45, 7) is 1.59. The third kappa shape index (κ3) is 4.73. The standard InChI is InChI=1S/C23H18F4N4O4S/c1-11(13-5-4-6-16-18(13)20(33)31(3)22(34)30(16)2)19(32)29-21-28-15(10-36-21)12-7-8-14(24)17(9-12)35-23(25,26)27/h4-11H,1-3H3,(H,28,29,32). The van der Waals surface area contributed by atoms with Gasteiger partial charge in [0.2, 0.25) is 5.91 Å². The van der Waals surface area contributed by atoms with Gasteiger partial charge in [-0.25, -0.2) is 14.2 Å². The van der Waals surface area contributed by atoms with E-state index in [9.17, 15) is 31.9 Å². The lowest BCUT2D eigenvalue weighted by molar-refractivity contribution is -0.275. The minimum atomic E-state index is -5.06. The molecule has 1 unspecified atom stereocenters. The van der Waals surface area contributed by atoms with E-state index in [2.05, 4.69) is 15.0 Å². The number of nitrogens with zero attached hydrogens (tertiary/aromatic N) is 3. The number of benzene rings is 2. The third-order valence-corrected chi connectivity index (χ3v) is 6.33. The molecule has 2 heterocycles. The number of anilines is 1. The van der Waals surface area contributed by atoms with Gasteiger partial charge in [0, 0.05) is 25.0 Å². The lowest BCUT2D eigenvalue weighted by atomic mass is 9.96. The highest BCUT2D eigenvalue weighted by molar-refractivity contribution is 7.14. The summed E-state index contributed by atoms with van der Waals surface area (Å²) >= 11 is 1.01. The van der Waals surface area contributed by atoms with Crippen molar-refractivity contribution in [2.75, 3.05) is 5.32 Å². The molecule has 1 N–H and O–H groups in total. The molecule has 8 nitrogen and oxygen atoms in total. The average Bonchev–Trinajstić information content (AvgIpc) is 3.29. The number of hydrogen-bond acceptors (Lipinski definition) is 6. The Kier molecular flexibility index (Phi) is 6.43. The summed E-state index contributed by atoms with van der Waals surface area (Å²) in [5, 5.41) is 4.48. The van der Waals surface area contributed by atoms with Crippen molar-refractivity contribution in [3.8, 4) is 17.0 Å². The molecule has 13 heteroatoms. The van der Waals surface area contributed by atoms with Crippen molar-refractivity contribution in [1.82, 2.24) is 14.1 Å². The van der Waals surface area contributed by atoms with Crippen LogP contribution in [0, 0.1) is 5.82 Å². The molecule has 0 aliphatic carbocycles. The predicted octanol–water partition coefficient (Wildman–Crippen LogP) is 4.14. The van der Waals surface area contributed by atoms with Gasteiger partial charge < -0.3 is 10.1 Å². The van der Waals surface area contributed by atoms with Crippen LogP contribution in [-0.2, 0) is 18.9 Å². The van der Waals surface area contributed by atoms with Crippen molar-refractivity contribution < 1.29 is 27.1 Å². The Morgan fingerprint density at radius 2 is 1.86 bits per heavy atom. The van der Waals surface area contributed by atoms with Gasteiger partial charge in [-0.3, -0.25) is 18.7 Å². The molecular weight excluding hydrogens is 504 g/mol. The van der Waals surface area contributed by atoms with Crippen LogP contribution in [0.3, 0.4) is 0 Å². The average molecular weight is 522 g/mol. The topological polar surface area (TPSA) is 95.2 Å². The number of carbonyl (C=O) groups excluding carboxylic acids is 1. The second kappa shape index (κ2) is 9.22. The van der Waals surface area contributed by atoms with Gasteiger partial charge in [0.1, 0.15) is 0 Å². The van der Waals surface area contributed by atoms with Gasteiger partial charge in [0.15, 0.2) is 16.7 Å². The SMILES string of the molecule is CC(C(=O)Nc1nc(-c2ccc(F)c(OC(F)(F)F)c2)cs1)c1cccc2c1c(=O)n(C)c(=O)n2C. The molecule has 188 valence electrons. The first-order valence-corrected chi connectivity index (χ1v) is 11.3. The summed E-state index contributed by atoms with van der Waals surface area (Å²) in [7, 11) is 2.87. The first-order chi connectivity index (χ1) is 16.9. The minimum absolute atomic E-state index is 0.144. The molecule has 0 spiro atoms. The first kappa shape index (κ1) is 25.1. The number of ether oxygens (including phenoxy) is 1. The van der Waals surface area contributed by atoms with Gasteiger partial charge >= 0.3 is 12.1 Å². The fraction of sp³-hybridized carbons (Fsp3) is 0.217. The fourth-order valence-corrected chi connectivity index (χ4v) is 4.42. The van der Waals surface area contributed by atoms with E-state index in [0.717, 1.165) is 28.0 Å². The Balaban J connectivity index is 1.61. The molecule has 36 heavy (non-hydrogen) atoms. The Bertz CT molecular complexity index is 1610. The number of thiazole rings is 1. The van der Waals surface area contributed by atoms with Crippen molar-refractivity contribution in [3.63, 3.8) is 0 Å². The Morgan fingerprint density at radius 3 is 2.56 bits per heavy atom. The van der Waals surface area contributed by atoms with Crippen LogP contribution in [0.15, 0.2) is 51.4 Å². The molecular formula is C23H18F4N4O4S. The lowest BCUT2D eigenvalue weighted by Crippen LogP contribution is -2.37. The summed E-state index contributed by atoms with van der Waals surface area (Å²) in [5.41, 5.74) is 0.105. The first-order valence-electron chi connectivity index (χ1n) is 10.4. The zero-order valence-corrected chi connectivity index (χ0v) is 19.8. The summed E-state index contributed by atoms with van der Waals surface area (Å²) in [4.78, 5) is 42.2. The van der Waals surface area contributed by atoms with Crippen molar-refractivity contribution in [2.24, 2.45) is 14.1 Å². The molecule has 0 aliphatic rings. The van der Waals surface area contributed by atoms with Gasteiger partial charge in [-0.1, -0.05) is 12.1 Å². The molecule has 0 saturated carbocycles. The molecule has 0 saturated heterocycles. The smallest absolute Gasteiger partial charge is 0.403 e. The maximum Gasteiger partial charge on any atom is 0.573 e. The monoisotopic (exact) mass is 522 g/mol. The number of hydrogen-bond donors (Lipinski definition) is 1. The van der Waals surface area contributed by atoms with E-state index in [4.69, 9.17) is 0 Å². The maximum absolute atomic E-state index is 13.7. The van der Waals surface area contributed by atoms with Crippen LogP contribution in [0.5, 0.6) is 5.75 Å². The van der Waals surface area contributed by atoms with Crippen LogP contribution >= 0.6 is 11.3 Å². The van der Waals surface area contributed by atoms with Gasteiger partial charge in [0.05, 0.1) is 22.5 Å². The van der Waals surface area contributed by atoms with Gasteiger partial charge in [-0.2, -0.15) is 0 Å². The highest BCUT2D eigenvalue weighted by Crippen LogP contribution is 2.32. The molecule has 0 radical (unpaired) electrons. The number of alkyl halides is 3. The van der Waals surface area contributed by atoms with Gasteiger partial charge in [0.25, 0.3) is 5.56 Å². The number of fused-ring (bicyclic) bond motifs is 1. The van der Waals surface area contributed by atoms with E-state index in [1.54, 1.807) is 25.1 Å². The predicted molar refractivity (Wildman–Crippen MR) is 126 cm³/mol. The highest BCUT2D eigenvalue weighted by Gasteiger charge is 2.32. The number of rotatable bonds is 5. The number of aromatic nitrogens is 3. The number of aryl methyl sites for hydroxylation is 1. The molecule has 1 atom stereocenters. The summed E-state index contributed by atoms with van der Waals surface area (Å²) in [6.07, 6.45) is -5.06. The van der Waals surface area contributed by atoms with Crippen molar-refractivity contribution in [3.05, 3.63) is 74.0 Å². The molecule has 0 aliphatic heterocycles. The minimum Gasteiger partial charge on any atom is -0.403 e. The zero-order chi connectivity index (χ0) is 26.4. The maximum atomic E-state index is 13.7. The molecule has 2 aromatic carbocycles. The van der Waals surface area contributed by atoms with E-state index in [0.29, 0.717) is 11.1 Å². The van der Waals surface area contributed by atoms with Crippen LogP contribution in [0.25, 0.3) is 22.2 Å². The fourth-order valence-electron chi connectivity index (χ4n) is 3.70. The molecule has 2 aromatic heterocycles. The van der Waals surface area contributed by atoms with Gasteiger partial charge in [-0.05, 0) is 36.8 Å². The van der Waals surface area contributed by atoms with E-state index < -0.39 is 41.0 Å². The number of carbonyl (C=O) groups is 1. The Labute approximate surface area is 204 Å². The number of amides is 1. The number of nitrogens with one attached hydrogen (secondary N) is 1. The van der Waals surface area contributed by atoms with Crippen molar-refractivity contribution in [1.29, 1.82) is 0 Å². The summed E-state index contributed by atoms with van der Waals surface area (Å²) in [6, 6.07) is 7.78. The second-order valence-corrected chi connectivity index (χ2v) is 8.75. The molecule has 4 aromatic rings. The van der Waals surface area contributed by atoms with E-state index >= 15 is 0 Å². The largest absolute Gasteiger partial charge is 0.573 e. The quantitative estimate of drug-likeness (QED) is 0.398. The van der Waals surface area contributed by atoms with Crippen LogP contribution in [0.1, 0.15) is 18.4 Å². The highest BCUT2D eigenvalue weighted by atomic mass is 32.1. The molecule has 1 amide bonds. The van der Waals surface area contributed by atoms with E-state index in [-0.39, 0.29) is 21.8 Å². The summed E-state index contributed by atoms with van der Waals surface area (Å²) in [5.74, 6) is -3.50. The Morgan fingerprint density at radius 1 is 1.14 bits per heavy atom. The van der Waals surface area contributed by atoms with E-state index in [1.165, 1.54) is 30.1 Å². The van der Waals surface area contributed by atoms with Crippen LogP contribution < -0.4 is 21.3 Å². The molecule has 0 bridgehead atoms. The molecule has 0 fully saturated rings. The third-order valence-electron chi connectivity index (χ3n) is 5.58. The van der Waals surface area contributed by atoms with Crippen LogP contribution in [0.4, 0.5) is 22.7 Å². The van der Waals surface area contributed by atoms with Crippen molar-refractivity contribution >= 4 is 33.3 Å². The molecule has 4 rings (SSSR count). The lowest BCUT2D eigenvalue weighted by Gasteiger charge is -2.15. The van der Waals surface area contributed by atoms with Gasteiger partial charge in [-0.15, -0.1) is 24.5 Å². The van der Waals surface area contributed by atoms with Crippen molar-refractivity contribution in [2.45, 2.75) is 19.2 Å². The second-order valence-electron chi connectivity index (χ2n) is 7.89. The van der Waals surface area contributed by atoms with Crippen LogP contribution in [0.2, 0.25) is 0 Å². The summed E-state index contributed by atoms with van der Waals surface area (Å²) < 4.78 is 57.2. The Hall–Kier alpha value is -4.00.